The third kappa shape index (κ3) is 3.21. The van der Waals surface area contributed by atoms with E-state index in [1.165, 1.54) is 0 Å². The highest BCUT2D eigenvalue weighted by Crippen LogP contribution is 2.21. The van der Waals surface area contributed by atoms with Crippen molar-refractivity contribution in [1.82, 2.24) is 9.97 Å². The number of carboxylic acids is 1. The molecule has 98 valence electrons. The van der Waals surface area contributed by atoms with Gasteiger partial charge in [-0.1, -0.05) is 30.3 Å². The summed E-state index contributed by atoms with van der Waals surface area (Å²) in [6.07, 6.45) is 1.12. The van der Waals surface area contributed by atoms with Crippen LogP contribution in [0.25, 0.3) is 11.3 Å². The summed E-state index contributed by atoms with van der Waals surface area (Å²) >= 11 is -2.32. The van der Waals surface area contributed by atoms with E-state index in [0.29, 0.717) is 5.56 Å². The molecular formula is C12H9N2O4S-. The Morgan fingerprint density at radius 1 is 1.32 bits per heavy atom. The molecule has 0 spiro atoms. The molecule has 1 aromatic carbocycles. The number of hydrogen-bond donors (Lipinski definition) is 1. The van der Waals surface area contributed by atoms with Crippen LogP contribution in [0.4, 0.5) is 0 Å². The standard InChI is InChI=1S/C12H10N2O4S/c15-12(16)9-6-13-10(7-19(17)18)14-11(9)8-4-2-1-3-5-8/h1-6H,7H2,(H,15,16)(H,17,18)/p-1. The summed E-state index contributed by atoms with van der Waals surface area (Å²) in [5, 5.41) is 9.10. The maximum Gasteiger partial charge on any atom is 0.339 e. The molecule has 0 aliphatic rings. The first-order valence-corrected chi connectivity index (χ1v) is 6.53. The quantitative estimate of drug-likeness (QED) is 0.843. The van der Waals surface area contributed by atoms with Gasteiger partial charge >= 0.3 is 5.97 Å². The largest absolute Gasteiger partial charge is 0.772 e. The van der Waals surface area contributed by atoms with Gasteiger partial charge < -0.3 is 9.66 Å². The lowest BCUT2D eigenvalue weighted by Gasteiger charge is -2.08. The molecule has 2 rings (SSSR count). The number of carbonyl (C=O) groups is 1. The molecule has 1 heterocycles. The third-order valence-electron chi connectivity index (χ3n) is 2.36. The molecule has 7 heteroatoms. The van der Waals surface area contributed by atoms with Gasteiger partial charge in [0.2, 0.25) is 0 Å². The molecule has 1 N–H and O–H groups in total. The molecule has 0 saturated heterocycles. The van der Waals surface area contributed by atoms with Crippen molar-refractivity contribution in [1.29, 1.82) is 0 Å². The maximum absolute atomic E-state index is 11.1. The van der Waals surface area contributed by atoms with Crippen LogP contribution in [-0.4, -0.2) is 29.8 Å². The van der Waals surface area contributed by atoms with Crippen molar-refractivity contribution in [3.8, 4) is 11.3 Å². The zero-order chi connectivity index (χ0) is 13.8. The fraction of sp³-hybridized carbons (Fsp3) is 0.0833. The van der Waals surface area contributed by atoms with Gasteiger partial charge in [-0.2, -0.15) is 0 Å². The number of aromatic carboxylic acids is 1. The first-order chi connectivity index (χ1) is 9.08. The lowest BCUT2D eigenvalue weighted by atomic mass is 10.1. The first-order valence-electron chi connectivity index (χ1n) is 5.28. The summed E-state index contributed by atoms with van der Waals surface area (Å²) in [6, 6.07) is 8.68. The first kappa shape index (κ1) is 13.3. The Bertz CT molecular complexity index is 631. The van der Waals surface area contributed by atoms with E-state index in [9.17, 15) is 13.6 Å². The predicted octanol–water partition coefficient (Wildman–Crippen LogP) is 1.22. The smallest absolute Gasteiger partial charge is 0.339 e. The number of rotatable bonds is 4. The molecule has 0 fully saturated rings. The number of carboxylic acid groups (broad SMARTS) is 1. The van der Waals surface area contributed by atoms with Crippen LogP contribution >= 0.6 is 0 Å². The minimum Gasteiger partial charge on any atom is -0.772 e. The van der Waals surface area contributed by atoms with Gasteiger partial charge in [0.1, 0.15) is 11.4 Å². The van der Waals surface area contributed by atoms with E-state index < -0.39 is 17.0 Å². The highest BCUT2D eigenvalue weighted by atomic mass is 32.2. The van der Waals surface area contributed by atoms with Crippen LogP contribution in [0.5, 0.6) is 0 Å². The second kappa shape index (κ2) is 5.68. The van der Waals surface area contributed by atoms with Crippen molar-refractivity contribution in [2.75, 3.05) is 0 Å². The predicted molar refractivity (Wildman–Crippen MR) is 67.1 cm³/mol. The zero-order valence-corrected chi connectivity index (χ0v) is 10.5. The van der Waals surface area contributed by atoms with Gasteiger partial charge in [-0.15, -0.1) is 0 Å². The summed E-state index contributed by atoms with van der Waals surface area (Å²) < 4.78 is 21.3. The number of hydrogen-bond acceptors (Lipinski definition) is 5. The fourth-order valence-corrected chi connectivity index (χ4v) is 1.92. The Morgan fingerprint density at radius 2 is 2.00 bits per heavy atom. The van der Waals surface area contributed by atoms with Gasteiger partial charge in [0, 0.05) is 11.8 Å². The second-order valence-corrected chi connectivity index (χ2v) is 4.56. The van der Waals surface area contributed by atoms with Crippen LogP contribution in [0, 0.1) is 0 Å². The summed E-state index contributed by atoms with van der Waals surface area (Å²) in [6.45, 7) is 0. The van der Waals surface area contributed by atoms with Crippen LogP contribution in [0.2, 0.25) is 0 Å². The van der Waals surface area contributed by atoms with Crippen molar-refractivity contribution in [3.05, 3.63) is 47.9 Å². The molecule has 1 aromatic heterocycles. The highest BCUT2D eigenvalue weighted by molar-refractivity contribution is 7.78. The van der Waals surface area contributed by atoms with E-state index in [1.807, 2.05) is 0 Å². The van der Waals surface area contributed by atoms with Crippen molar-refractivity contribution in [2.24, 2.45) is 0 Å². The van der Waals surface area contributed by atoms with Gasteiger partial charge in [0.25, 0.3) is 0 Å². The molecule has 1 unspecified atom stereocenters. The second-order valence-electron chi connectivity index (χ2n) is 3.67. The van der Waals surface area contributed by atoms with E-state index in [0.717, 1.165) is 6.20 Å². The third-order valence-corrected chi connectivity index (χ3v) is 2.86. The lowest BCUT2D eigenvalue weighted by molar-refractivity contribution is 0.0697. The van der Waals surface area contributed by atoms with E-state index in [4.69, 9.17) is 5.11 Å². The normalized spacial score (nSPS) is 12.1. The Kier molecular flexibility index (Phi) is 3.98. The fourth-order valence-electron chi connectivity index (χ4n) is 1.57. The van der Waals surface area contributed by atoms with Crippen molar-refractivity contribution >= 4 is 17.0 Å². The summed E-state index contributed by atoms with van der Waals surface area (Å²) in [7, 11) is 0. The Balaban J connectivity index is 2.54. The van der Waals surface area contributed by atoms with Crippen molar-refractivity contribution < 1.29 is 18.7 Å². The van der Waals surface area contributed by atoms with Crippen LogP contribution in [-0.2, 0) is 16.8 Å². The number of aromatic nitrogens is 2. The van der Waals surface area contributed by atoms with Gasteiger partial charge in [0.05, 0.1) is 11.4 Å². The maximum atomic E-state index is 11.1. The van der Waals surface area contributed by atoms with Gasteiger partial charge in [-0.3, -0.25) is 4.21 Å². The minimum absolute atomic E-state index is 0.0633. The summed E-state index contributed by atoms with van der Waals surface area (Å²) in [5.41, 5.74) is 0.746. The average Bonchev–Trinajstić information content (AvgIpc) is 2.38. The molecule has 2 aromatic rings. The average molecular weight is 277 g/mol. The highest BCUT2D eigenvalue weighted by Gasteiger charge is 2.15. The number of nitrogens with zero attached hydrogens (tertiary/aromatic N) is 2. The van der Waals surface area contributed by atoms with Gasteiger partial charge in [0.15, 0.2) is 0 Å². The van der Waals surface area contributed by atoms with Crippen LogP contribution < -0.4 is 0 Å². The minimum atomic E-state index is -2.32. The lowest BCUT2D eigenvalue weighted by Crippen LogP contribution is -2.07. The Hall–Kier alpha value is -2.12. The molecule has 1 atom stereocenters. The monoisotopic (exact) mass is 277 g/mol. The molecule has 19 heavy (non-hydrogen) atoms. The van der Waals surface area contributed by atoms with Crippen LogP contribution in [0.3, 0.4) is 0 Å². The molecule has 0 radical (unpaired) electrons. The number of benzene rings is 1. The van der Waals surface area contributed by atoms with Crippen LogP contribution in [0.1, 0.15) is 16.2 Å². The molecule has 0 aliphatic heterocycles. The summed E-state index contributed by atoms with van der Waals surface area (Å²) in [5.74, 6) is -1.44. The van der Waals surface area contributed by atoms with Crippen molar-refractivity contribution in [2.45, 2.75) is 5.75 Å². The summed E-state index contributed by atoms with van der Waals surface area (Å²) in [4.78, 5) is 18.9. The van der Waals surface area contributed by atoms with Crippen LogP contribution in [0.15, 0.2) is 36.5 Å². The molecular weight excluding hydrogens is 268 g/mol. The molecule has 0 saturated carbocycles. The van der Waals surface area contributed by atoms with E-state index in [2.05, 4.69) is 9.97 Å². The van der Waals surface area contributed by atoms with Gasteiger partial charge in [-0.05, 0) is 11.1 Å². The van der Waals surface area contributed by atoms with E-state index in [1.54, 1.807) is 30.3 Å². The van der Waals surface area contributed by atoms with E-state index in [-0.39, 0.29) is 22.8 Å². The Morgan fingerprint density at radius 3 is 2.58 bits per heavy atom. The molecule has 0 aliphatic carbocycles. The molecule has 6 nitrogen and oxygen atoms in total. The SMILES string of the molecule is O=C(O)c1cnc(CS(=O)[O-])nc1-c1ccccc1. The van der Waals surface area contributed by atoms with E-state index >= 15 is 0 Å². The molecule has 0 bridgehead atoms. The Labute approximate surface area is 111 Å². The van der Waals surface area contributed by atoms with Crippen molar-refractivity contribution in [3.63, 3.8) is 0 Å². The topological polar surface area (TPSA) is 103 Å². The van der Waals surface area contributed by atoms with Gasteiger partial charge in [-0.25, -0.2) is 14.8 Å². The molecule has 0 amide bonds. The zero-order valence-electron chi connectivity index (χ0n) is 9.65.